The van der Waals surface area contributed by atoms with E-state index in [1.807, 2.05) is 0 Å². The molecule has 2 aromatic rings. The minimum atomic E-state index is -0.138. The molecular weight excluding hydrogens is 324 g/mol. The van der Waals surface area contributed by atoms with Gasteiger partial charge < -0.3 is 23.7 Å². The fourth-order valence-electron chi connectivity index (χ4n) is 2.55. The Morgan fingerprint density at radius 3 is 2.36 bits per heavy atom. The third kappa shape index (κ3) is 3.24. The third-order valence-corrected chi connectivity index (χ3v) is 3.80. The maximum absolute atomic E-state index is 12.3. The molecule has 25 heavy (non-hydrogen) atoms. The summed E-state index contributed by atoms with van der Waals surface area (Å²) in [6.45, 7) is 0.118. The molecule has 0 atom stereocenters. The van der Waals surface area contributed by atoms with Crippen LogP contribution in [0.15, 0.2) is 36.4 Å². The van der Waals surface area contributed by atoms with Crippen molar-refractivity contribution in [1.29, 1.82) is 0 Å². The first kappa shape index (κ1) is 16.7. The summed E-state index contributed by atoms with van der Waals surface area (Å²) < 4.78 is 26.7. The number of methoxy groups -OCH3 is 3. The Morgan fingerprint density at radius 1 is 1.00 bits per heavy atom. The molecule has 0 fully saturated rings. The molecule has 0 bridgehead atoms. The average molecular weight is 342 g/mol. The number of carbonyl (C=O) groups is 1. The highest BCUT2D eigenvalue weighted by atomic mass is 16.7. The van der Waals surface area contributed by atoms with Crippen LogP contribution in [0.25, 0.3) is 6.08 Å². The molecule has 6 heteroatoms. The molecular formula is C19H18O6. The number of rotatable bonds is 6. The van der Waals surface area contributed by atoms with Gasteiger partial charge in [-0.3, -0.25) is 4.79 Å². The van der Waals surface area contributed by atoms with E-state index in [-0.39, 0.29) is 12.6 Å². The summed E-state index contributed by atoms with van der Waals surface area (Å²) in [6.07, 6.45) is 3.14. The Balaban J connectivity index is 1.91. The van der Waals surface area contributed by atoms with Crippen molar-refractivity contribution in [2.45, 2.75) is 0 Å². The molecule has 0 aromatic heterocycles. The zero-order valence-corrected chi connectivity index (χ0v) is 14.2. The van der Waals surface area contributed by atoms with E-state index in [0.29, 0.717) is 39.9 Å². The fraction of sp³-hybridized carbons (Fsp3) is 0.211. The van der Waals surface area contributed by atoms with E-state index in [0.717, 1.165) is 0 Å². The fourth-order valence-corrected chi connectivity index (χ4v) is 2.55. The number of hydrogen-bond donors (Lipinski definition) is 0. The molecule has 130 valence electrons. The Kier molecular flexibility index (Phi) is 4.79. The van der Waals surface area contributed by atoms with Crippen LogP contribution < -0.4 is 23.7 Å². The molecule has 0 aliphatic carbocycles. The molecule has 0 amide bonds. The highest BCUT2D eigenvalue weighted by Gasteiger charge is 2.25. The van der Waals surface area contributed by atoms with Crippen LogP contribution in [0.4, 0.5) is 0 Å². The Labute approximate surface area is 145 Å². The van der Waals surface area contributed by atoms with Crippen molar-refractivity contribution in [2.75, 3.05) is 28.1 Å². The quantitative estimate of drug-likeness (QED) is 0.593. The minimum absolute atomic E-state index is 0.118. The lowest BCUT2D eigenvalue weighted by atomic mass is 10.1. The van der Waals surface area contributed by atoms with Crippen molar-refractivity contribution < 1.29 is 28.5 Å². The van der Waals surface area contributed by atoms with Gasteiger partial charge in [0.1, 0.15) is 5.75 Å². The SMILES string of the molecule is COc1ccc(C(=O)/C=C/c2cc3c(c(OC)c2OC)OCO3)cc1. The molecule has 1 heterocycles. The molecule has 0 saturated heterocycles. The molecule has 0 saturated carbocycles. The van der Waals surface area contributed by atoms with E-state index in [4.69, 9.17) is 23.7 Å². The van der Waals surface area contributed by atoms with Crippen LogP contribution in [0, 0.1) is 0 Å². The van der Waals surface area contributed by atoms with Crippen LogP contribution in [-0.4, -0.2) is 33.9 Å². The first-order valence-electron chi connectivity index (χ1n) is 7.59. The van der Waals surface area contributed by atoms with Gasteiger partial charge in [0, 0.05) is 11.1 Å². The van der Waals surface area contributed by atoms with E-state index in [9.17, 15) is 4.79 Å². The maximum atomic E-state index is 12.3. The summed E-state index contributed by atoms with van der Waals surface area (Å²) in [6, 6.07) is 8.66. The maximum Gasteiger partial charge on any atom is 0.231 e. The predicted octanol–water partition coefficient (Wildman–Crippen LogP) is 3.34. The monoisotopic (exact) mass is 342 g/mol. The van der Waals surface area contributed by atoms with Gasteiger partial charge in [-0.2, -0.15) is 0 Å². The van der Waals surface area contributed by atoms with Crippen molar-refractivity contribution in [2.24, 2.45) is 0 Å². The summed E-state index contributed by atoms with van der Waals surface area (Å²) in [7, 11) is 4.63. The Hall–Kier alpha value is -3.15. The van der Waals surface area contributed by atoms with Gasteiger partial charge >= 0.3 is 0 Å². The predicted molar refractivity (Wildman–Crippen MR) is 92.0 cm³/mol. The molecule has 6 nitrogen and oxygen atoms in total. The molecule has 0 N–H and O–H groups in total. The third-order valence-electron chi connectivity index (χ3n) is 3.80. The van der Waals surface area contributed by atoms with Crippen molar-refractivity contribution >= 4 is 11.9 Å². The highest BCUT2D eigenvalue weighted by Crippen LogP contribution is 2.49. The van der Waals surface area contributed by atoms with Crippen molar-refractivity contribution in [3.63, 3.8) is 0 Å². The lowest BCUT2D eigenvalue weighted by molar-refractivity contribution is 0.104. The normalized spacial score (nSPS) is 12.3. The summed E-state index contributed by atoms with van der Waals surface area (Å²) in [5.74, 6) is 2.52. The summed E-state index contributed by atoms with van der Waals surface area (Å²) in [5, 5.41) is 0. The number of carbonyl (C=O) groups excluding carboxylic acids is 1. The first-order valence-corrected chi connectivity index (χ1v) is 7.59. The number of fused-ring (bicyclic) bond motifs is 1. The zero-order chi connectivity index (χ0) is 17.8. The molecule has 0 radical (unpaired) electrons. The van der Waals surface area contributed by atoms with Gasteiger partial charge in [-0.15, -0.1) is 0 Å². The zero-order valence-electron chi connectivity index (χ0n) is 14.2. The van der Waals surface area contributed by atoms with Gasteiger partial charge in [-0.25, -0.2) is 0 Å². The largest absolute Gasteiger partial charge is 0.497 e. The van der Waals surface area contributed by atoms with Crippen molar-refractivity contribution in [3.8, 4) is 28.7 Å². The van der Waals surface area contributed by atoms with Gasteiger partial charge in [0.25, 0.3) is 0 Å². The van der Waals surface area contributed by atoms with Crippen molar-refractivity contribution in [3.05, 3.63) is 47.5 Å². The second-order valence-corrected chi connectivity index (χ2v) is 5.19. The lowest BCUT2D eigenvalue weighted by Crippen LogP contribution is -1.97. The Bertz CT molecular complexity index is 808. The number of allylic oxidation sites excluding steroid dienone is 1. The summed E-state index contributed by atoms with van der Waals surface area (Å²) >= 11 is 0. The van der Waals surface area contributed by atoms with Crippen LogP contribution >= 0.6 is 0 Å². The van der Waals surface area contributed by atoms with Gasteiger partial charge in [0.05, 0.1) is 21.3 Å². The highest BCUT2D eigenvalue weighted by molar-refractivity contribution is 6.07. The summed E-state index contributed by atoms with van der Waals surface area (Å²) in [4.78, 5) is 12.3. The van der Waals surface area contributed by atoms with E-state index in [1.54, 1.807) is 43.5 Å². The van der Waals surface area contributed by atoms with Crippen LogP contribution in [0.5, 0.6) is 28.7 Å². The van der Waals surface area contributed by atoms with E-state index in [1.165, 1.54) is 20.3 Å². The molecule has 1 aliphatic rings. The smallest absolute Gasteiger partial charge is 0.231 e. The summed E-state index contributed by atoms with van der Waals surface area (Å²) in [5.41, 5.74) is 1.22. The molecule has 1 aliphatic heterocycles. The standard InChI is InChI=1S/C19H18O6/c1-21-14-7-4-12(5-8-14)15(20)9-6-13-10-16-18(25-11-24-16)19(23-3)17(13)22-2/h4-10H,11H2,1-3H3/b9-6+. The van der Waals surface area contributed by atoms with Gasteiger partial charge in [-0.05, 0) is 42.5 Å². The van der Waals surface area contributed by atoms with E-state index < -0.39 is 0 Å². The van der Waals surface area contributed by atoms with Crippen molar-refractivity contribution in [1.82, 2.24) is 0 Å². The second-order valence-electron chi connectivity index (χ2n) is 5.19. The Morgan fingerprint density at radius 2 is 1.72 bits per heavy atom. The van der Waals surface area contributed by atoms with Gasteiger partial charge in [-0.1, -0.05) is 0 Å². The number of benzene rings is 2. The van der Waals surface area contributed by atoms with E-state index >= 15 is 0 Å². The number of hydrogen-bond acceptors (Lipinski definition) is 6. The van der Waals surface area contributed by atoms with Crippen LogP contribution in [0.2, 0.25) is 0 Å². The van der Waals surface area contributed by atoms with Gasteiger partial charge in [0.15, 0.2) is 17.3 Å². The topological polar surface area (TPSA) is 63.2 Å². The minimum Gasteiger partial charge on any atom is -0.497 e. The number of ether oxygens (including phenoxy) is 5. The average Bonchev–Trinajstić information content (AvgIpc) is 3.12. The van der Waals surface area contributed by atoms with Crippen LogP contribution in [-0.2, 0) is 0 Å². The van der Waals surface area contributed by atoms with E-state index in [2.05, 4.69) is 0 Å². The van der Waals surface area contributed by atoms with Crippen LogP contribution in [0.3, 0.4) is 0 Å². The first-order chi connectivity index (χ1) is 12.2. The van der Waals surface area contributed by atoms with Gasteiger partial charge in [0.2, 0.25) is 18.3 Å². The van der Waals surface area contributed by atoms with Crippen LogP contribution in [0.1, 0.15) is 15.9 Å². The molecule has 2 aromatic carbocycles. The lowest BCUT2D eigenvalue weighted by Gasteiger charge is -2.12. The number of ketones is 1. The second kappa shape index (κ2) is 7.17. The molecule has 0 unspecified atom stereocenters. The molecule has 3 rings (SSSR count). The molecule has 0 spiro atoms.